The molecule has 0 saturated heterocycles. The molecule has 1 aliphatic rings. The van der Waals surface area contributed by atoms with Gasteiger partial charge in [-0.3, -0.25) is 0 Å². The summed E-state index contributed by atoms with van der Waals surface area (Å²) >= 11 is 0. The second-order valence-corrected chi connectivity index (χ2v) is 5.35. The summed E-state index contributed by atoms with van der Waals surface area (Å²) < 4.78 is 5.57. The number of nitrogens with zero attached hydrogens (tertiary/aromatic N) is 2. The van der Waals surface area contributed by atoms with Crippen LogP contribution in [-0.2, 0) is 0 Å². The summed E-state index contributed by atoms with van der Waals surface area (Å²) in [5.41, 5.74) is 0.920. The number of hydrogen-bond acceptors (Lipinski definition) is 5. The van der Waals surface area contributed by atoms with Crippen LogP contribution in [0.25, 0.3) is 0 Å². The van der Waals surface area contributed by atoms with E-state index in [1.165, 1.54) is 0 Å². The first-order valence-electron chi connectivity index (χ1n) is 6.40. The van der Waals surface area contributed by atoms with Crippen LogP contribution < -0.4 is 10.1 Å². The molecule has 100 valence electrons. The van der Waals surface area contributed by atoms with Crippen molar-refractivity contribution < 1.29 is 9.84 Å². The van der Waals surface area contributed by atoms with Crippen LogP contribution in [-0.4, -0.2) is 34.3 Å². The molecule has 0 amide bonds. The van der Waals surface area contributed by atoms with Gasteiger partial charge in [-0.25, -0.2) is 4.98 Å². The highest BCUT2D eigenvalue weighted by Crippen LogP contribution is 2.44. The lowest BCUT2D eigenvalue weighted by Gasteiger charge is -2.14. The molecule has 2 rings (SSSR count). The second-order valence-electron chi connectivity index (χ2n) is 5.35. The van der Waals surface area contributed by atoms with Crippen LogP contribution >= 0.6 is 0 Å². The van der Waals surface area contributed by atoms with Crippen LogP contribution in [0.1, 0.15) is 32.4 Å². The van der Waals surface area contributed by atoms with E-state index in [2.05, 4.69) is 15.3 Å². The summed E-state index contributed by atoms with van der Waals surface area (Å²) in [4.78, 5) is 8.64. The van der Waals surface area contributed by atoms with Gasteiger partial charge in [0.1, 0.15) is 0 Å². The van der Waals surface area contributed by atoms with Crippen molar-refractivity contribution in [2.24, 2.45) is 5.41 Å². The number of anilines is 1. The number of aliphatic hydroxyl groups is 1. The maximum Gasteiger partial charge on any atom is 0.226 e. The fraction of sp³-hybridized carbons (Fsp3) is 0.692. The summed E-state index contributed by atoms with van der Waals surface area (Å²) in [6, 6.07) is 1.82. The average Bonchev–Trinajstić information content (AvgIpc) is 3.05. The quantitative estimate of drug-likeness (QED) is 0.806. The topological polar surface area (TPSA) is 67.3 Å². The Morgan fingerprint density at radius 2 is 2.17 bits per heavy atom. The predicted octanol–water partition coefficient (Wildman–Crippen LogP) is 1.76. The minimum absolute atomic E-state index is 0.0478. The van der Waals surface area contributed by atoms with E-state index in [9.17, 15) is 5.11 Å². The molecule has 2 N–H and O–H groups in total. The molecule has 0 aromatic carbocycles. The molecule has 0 atom stereocenters. The molecule has 0 spiro atoms. The van der Waals surface area contributed by atoms with Gasteiger partial charge in [0.25, 0.3) is 0 Å². The lowest BCUT2D eigenvalue weighted by atomic mass is 10.1. The van der Waals surface area contributed by atoms with E-state index in [4.69, 9.17) is 4.74 Å². The van der Waals surface area contributed by atoms with Gasteiger partial charge in [-0.2, -0.15) is 4.98 Å². The monoisotopic (exact) mass is 251 g/mol. The Kier molecular flexibility index (Phi) is 3.71. The molecule has 1 aliphatic carbocycles. The summed E-state index contributed by atoms with van der Waals surface area (Å²) in [5, 5.41) is 12.4. The second kappa shape index (κ2) is 5.10. The van der Waals surface area contributed by atoms with E-state index in [0.29, 0.717) is 18.4 Å². The number of ether oxygens (including phenoxy) is 1. The third-order valence-corrected chi connectivity index (χ3v) is 3.10. The number of aliphatic hydroxyl groups excluding tert-OH is 1. The van der Waals surface area contributed by atoms with Crippen molar-refractivity contribution in [2.75, 3.05) is 18.5 Å². The molecule has 0 bridgehead atoms. The first-order chi connectivity index (χ1) is 8.53. The smallest absolute Gasteiger partial charge is 0.226 e. The summed E-state index contributed by atoms with van der Waals surface area (Å²) in [5.74, 6) is 1.17. The van der Waals surface area contributed by atoms with Crippen LogP contribution in [0.5, 0.6) is 5.88 Å². The standard InChI is InChI=1S/C13H21N3O2/c1-9(2)18-11-6-10(3)15-12(16-11)14-7-13(8-17)4-5-13/h6,9,17H,4-5,7-8H2,1-3H3,(H,14,15,16). The predicted molar refractivity (Wildman–Crippen MR) is 69.8 cm³/mol. The van der Waals surface area contributed by atoms with Crippen LogP contribution in [0.4, 0.5) is 5.95 Å². The summed E-state index contributed by atoms with van der Waals surface area (Å²) in [7, 11) is 0. The first kappa shape index (κ1) is 13.1. The summed E-state index contributed by atoms with van der Waals surface area (Å²) in [6.07, 6.45) is 2.23. The molecule has 0 aliphatic heterocycles. The molecule has 18 heavy (non-hydrogen) atoms. The fourth-order valence-electron chi connectivity index (χ4n) is 1.75. The fourth-order valence-corrected chi connectivity index (χ4v) is 1.75. The van der Waals surface area contributed by atoms with Gasteiger partial charge in [0.05, 0.1) is 12.7 Å². The number of rotatable bonds is 6. The number of hydrogen-bond donors (Lipinski definition) is 2. The van der Waals surface area contributed by atoms with Crippen LogP contribution in [0, 0.1) is 12.3 Å². The summed E-state index contributed by atoms with van der Waals surface area (Å²) in [6.45, 7) is 6.79. The molecular weight excluding hydrogens is 230 g/mol. The van der Waals surface area contributed by atoms with Crippen molar-refractivity contribution in [1.29, 1.82) is 0 Å². The van der Waals surface area contributed by atoms with Crippen LogP contribution in [0.15, 0.2) is 6.07 Å². The van der Waals surface area contributed by atoms with Crippen molar-refractivity contribution in [1.82, 2.24) is 9.97 Å². The van der Waals surface area contributed by atoms with Crippen LogP contribution in [0.2, 0.25) is 0 Å². The zero-order valence-corrected chi connectivity index (χ0v) is 11.2. The van der Waals surface area contributed by atoms with Gasteiger partial charge < -0.3 is 15.2 Å². The Hall–Kier alpha value is -1.36. The maximum atomic E-state index is 9.26. The zero-order valence-electron chi connectivity index (χ0n) is 11.2. The molecule has 1 fully saturated rings. The molecule has 5 nitrogen and oxygen atoms in total. The zero-order chi connectivity index (χ0) is 13.2. The van der Waals surface area contributed by atoms with Crippen molar-refractivity contribution >= 4 is 5.95 Å². The van der Waals surface area contributed by atoms with Crippen LogP contribution in [0.3, 0.4) is 0 Å². The largest absolute Gasteiger partial charge is 0.475 e. The minimum Gasteiger partial charge on any atom is -0.475 e. The Morgan fingerprint density at radius 3 is 2.72 bits per heavy atom. The van der Waals surface area contributed by atoms with Gasteiger partial charge in [0, 0.05) is 23.7 Å². The third-order valence-electron chi connectivity index (χ3n) is 3.10. The minimum atomic E-state index is 0.0478. The number of aryl methyl sites for hydroxylation is 1. The molecule has 1 saturated carbocycles. The Bertz CT molecular complexity index is 417. The van der Waals surface area contributed by atoms with E-state index < -0.39 is 0 Å². The van der Waals surface area contributed by atoms with Gasteiger partial charge in [-0.15, -0.1) is 0 Å². The average molecular weight is 251 g/mol. The van der Waals surface area contributed by atoms with Gasteiger partial charge >= 0.3 is 0 Å². The van der Waals surface area contributed by atoms with E-state index >= 15 is 0 Å². The first-order valence-corrected chi connectivity index (χ1v) is 6.40. The lowest BCUT2D eigenvalue weighted by molar-refractivity contribution is 0.219. The normalized spacial score (nSPS) is 16.7. The highest BCUT2D eigenvalue weighted by atomic mass is 16.5. The highest BCUT2D eigenvalue weighted by molar-refractivity contribution is 5.31. The Labute approximate surface area is 108 Å². The lowest BCUT2D eigenvalue weighted by Crippen LogP contribution is -2.20. The molecule has 1 aromatic rings. The van der Waals surface area contributed by atoms with Crippen molar-refractivity contribution in [3.8, 4) is 5.88 Å². The van der Waals surface area contributed by atoms with E-state index in [-0.39, 0.29) is 18.1 Å². The van der Waals surface area contributed by atoms with Gasteiger partial charge in [-0.05, 0) is 33.6 Å². The third kappa shape index (κ3) is 3.32. The molecule has 1 aromatic heterocycles. The molecule has 1 heterocycles. The molecular formula is C13H21N3O2. The Morgan fingerprint density at radius 1 is 1.44 bits per heavy atom. The molecule has 0 radical (unpaired) electrons. The van der Waals surface area contributed by atoms with E-state index in [0.717, 1.165) is 18.5 Å². The van der Waals surface area contributed by atoms with E-state index in [1.807, 2.05) is 26.8 Å². The molecule has 5 heteroatoms. The van der Waals surface area contributed by atoms with Gasteiger partial charge in [-0.1, -0.05) is 0 Å². The number of nitrogens with one attached hydrogen (secondary N) is 1. The van der Waals surface area contributed by atoms with Crippen molar-refractivity contribution in [3.63, 3.8) is 0 Å². The maximum absolute atomic E-state index is 9.26. The van der Waals surface area contributed by atoms with Crippen molar-refractivity contribution in [3.05, 3.63) is 11.8 Å². The highest BCUT2D eigenvalue weighted by Gasteiger charge is 2.41. The Balaban J connectivity index is 2.01. The molecule has 0 unspecified atom stereocenters. The number of aromatic nitrogens is 2. The van der Waals surface area contributed by atoms with Gasteiger partial charge in [0.15, 0.2) is 0 Å². The van der Waals surface area contributed by atoms with Gasteiger partial charge in [0.2, 0.25) is 11.8 Å². The SMILES string of the molecule is Cc1cc(OC(C)C)nc(NCC2(CO)CC2)n1. The van der Waals surface area contributed by atoms with E-state index in [1.54, 1.807) is 0 Å². The van der Waals surface area contributed by atoms with Crippen molar-refractivity contribution in [2.45, 2.75) is 39.7 Å².